The molecule has 0 saturated heterocycles. The third-order valence-corrected chi connectivity index (χ3v) is 3.88. The van der Waals surface area contributed by atoms with Crippen LogP contribution in [-0.4, -0.2) is 24.4 Å². The summed E-state index contributed by atoms with van der Waals surface area (Å²) in [5.74, 6) is -1.02. The third kappa shape index (κ3) is 7.73. The average Bonchev–Trinajstić information content (AvgIpc) is 2.68. The maximum absolute atomic E-state index is 11.9. The fourth-order valence-corrected chi connectivity index (χ4v) is 2.46. The van der Waals surface area contributed by atoms with Gasteiger partial charge in [0.2, 0.25) is 5.91 Å². The summed E-state index contributed by atoms with van der Waals surface area (Å²) in [4.78, 5) is 35.4. The standard InChI is InChI=1S/C21H24N2O4/c1-16(17-9-4-2-5-10-17)22-20(25)15-27-21(26)14-8-13-19(24)23-18-11-6-3-7-12-18/h2-7,9-12,16H,8,13-15H2,1H3,(H,22,25)(H,23,24)/t16-/m1/s1. The van der Waals surface area contributed by atoms with E-state index in [1.165, 1.54) is 0 Å². The number of hydrogen-bond acceptors (Lipinski definition) is 4. The first kappa shape index (κ1) is 20.2. The number of para-hydroxylation sites is 1. The first-order chi connectivity index (χ1) is 13.0. The van der Waals surface area contributed by atoms with Gasteiger partial charge in [-0.2, -0.15) is 0 Å². The summed E-state index contributed by atoms with van der Waals surface area (Å²) in [6.45, 7) is 1.53. The van der Waals surface area contributed by atoms with Crippen LogP contribution in [0.15, 0.2) is 60.7 Å². The normalized spacial score (nSPS) is 11.3. The van der Waals surface area contributed by atoms with E-state index in [2.05, 4.69) is 10.6 Å². The highest BCUT2D eigenvalue weighted by atomic mass is 16.5. The summed E-state index contributed by atoms with van der Waals surface area (Å²) in [7, 11) is 0. The number of anilines is 1. The van der Waals surface area contributed by atoms with Gasteiger partial charge in [-0.05, 0) is 31.0 Å². The highest BCUT2D eigenvalue weighted by molar-refractivity contribution is 5.90. The van der Waals surface area contributed by atoms with Crippen LogP contribution < -0.4 is 10.6 Å². The fraction of sp³-hybridized carbons (Fsp3) is 0.286. The Kier molecular flexibility index (Phi) is 8.03. The summed E-state index contributed by atoms with van der Waals surface area (Å²) in [5, 5.41) is 5.52. The second-order valence-electron chi connectivity index (χ2n) is 6.13. The molecule has 0 spiro atoms. The van der Waals surface area contributed by atoms with E-state index in [0.29, 0.717) is 12.1 Å². The van der Waals surface area contributed by atoms with Crippen molar-refractivity contribution in [2.24, 2.45) is 0 Å². The second kappa shape index (κ2) is 10.8. The molecule has 27 heavy (non-hydrogen) atoms. The minimum atomic E-state index is -0.495. The Morgan fingerprint density at radius 2 is 1.52 bits per heavy atom. The Morgan fingerprint density at radius 3 is 2.19 bits per heavy atom. The van der Waals surface area contributed by atoms with Gasteiger partial charge in [-0.1, -0.05) is 48.5 Å². The maximum Gasteiger partial charge on any atom is 0.306 e. The van der Waals surface area contributed by atoms with Crippen molar-refractivity contribution in [1.29, 1.82) is 0 Å². The molecular weight excluding hydrogens is 344 g/mol. The molecule has 142 valence electrons. The van der Waals surface area contributed by atoms with Crippen molar-refractivity contribution in [1.82, 2.24) is 5.32 Å². The van der Waals surface area contributed by atoms with Crippen LogP contribution in [0.2, 0.25) is 0 Å². The first-order valence-electron chi connectivity index (χ1n) is 8.89. The van der Waals surface area contributed by atoms with Crippen LogP contribution in [0.3, 0.4) is 0 Å². The largest absolute Gasteiger partial charge is 0.456 e. The van der Waals surface area contributed by atoms with Gasteiger partial charge < -0.3 is 15.4 Å². The summed E-state index contributed by atoms with van der Waals surface area (Å²) in [6, 6.07) is 18.5. The van der Waals surface area contributed by atoms with E-state index >= 15 is 0 Å². The van der Waals surface area contributed by atoms with Crippen molar-refractivity contribution in [3.63, 3.8) is 0 Å². The highest BCUT2D eigenvalue weighted by Crippen LogP contribution is 2.11. The summed E-state index contributed by atoms with van der Waals surface area (Å²) in [5.41, 5.74) is 1.69. The van der Waals surface area contributed by atoms with Crippen molar-refractivity contribution in [2.75, 3.05) is 11.9 Å². The van der Waals surface area contributed by atoms with Gasteiger partial charge in [-0.25, -0.2) is 0 Å². The molecule has 0 aliphatic carbocycles. The molecule has 0 bridgehead atoms. The number of rotatable bonds is 9. The number of carbonyl (C=O) groups is 3. The van der Waals surface area contributed by atoms with Gasteiger partial charge in [0, 0.05) is 18.5 Å². The Balaban J connectivity index is 1.60. The predicted octanol–water partition coefficient (Wildman–Crippen LogP) is 3.22. The van der Waals surface area contributed by atoms with E-state index in [1.54, 1.807) is 12.1 Å². The SMILES string of the molecule is C[C@@H](NC(=O)COC(=O)CCCC(=O)Nc1ccccc1)c1ccccc1. The van der Waals surface area contributed by atoms with E-state index < -0.39 is 5.97 Å². The molecule has 0 aromatic heterocycles. The summed E-state index contributed by atoms with van der Waals surface area (Å²) in [6.07, 6.45) is 0.657. The summed E-state index contributed by atoms with van der Waals surface area (Å²) < 4.78 is 4.96. The number of ether oxygens (including phenoxy) is 1. The van der Waals surface area contributed by atoms with E-state index in [4.69, 9.17) is 4.74 Å². The van der Waals surface area contributed by atoms with Crippen LogP contribution in [-0.2, 0) is 19.1 Å². The molecule has 2 aromatic carbocycles. The van der Waals surface area contributed by atoms with Gasteiger partial charge in [0.15, 0.2) is 6.61 Å². The van der Waals surface area contributed by atoms with E-state index in [-0.39, 0.29) is 37.3 Å². The topological polar surface area (TPSA) is 84.5 Å². The van der Waals surface area contributed by atoms with Gasteiger partial charge in [0.25, 0.3) is 5.91 Å². The zero-order chi connectivity index (χ0) is 19.5. The van der Waals surface area contributed by atoms with E-state index in [9.17, 15) is 14.4 Å². The number of hydrogen-bond donors (Lipinski definition) is 2. The quantitative estimate of drug-likeness (QED) is 0.666. The van der Waals surface area contributed by atoms with Gasteiger partial charge in [0.1, 0.15) is 0 Å². The van der Waals surface area contributed by atoms with Crippen LogP contribution in [0.1, 0.15) is 37.8 Å². The summed E-state index contributed by atoms with van der Waals surface area (Å²) >= 11 is 0. The maximum atomic E-state index is 11.9. The van der Waals surface area contributed by atoms with Gasteiger partial charge in [-0.15, -0.1) is 0 Å². The molecule has 0 aliphatic heterocycles. The molecule has 0 radical (unpaired) electrons. The third-order valence-electron chi connectivity index (χ3n) is 3.88. The van der Waals surface area contributed by atoms with E-state index in [1.807, 2.05) is 55.5 Å². The molecule has 1 atom stereocenters. The Labute approximate surface area is 158 Å². The molecule has 2 rings (SSSR count). The molecule has 0 saturated carbocycles. The molecule has 0 unspecified atom stereocenters. The van der Waals surface area contributed by atoms with Gasteiger partial charge in [0.05, 0.1) is 6.04 Å². The predicted molar refractivity (Wildman–Crippen MR) is 103 cm³/mol. The molecule has 0 aliphatic rings. The molecule has 0 heterocycles. The van der Waals surface area contributed by atoms with E-state index in [0.717, 1.165) is 5.56 Å². The minimum Gasteiger partial charge on any atom is -0.456 e. The van der Waals surface area contributed by atoms with Crippen molar-refractivity contribution < 1.29 is 19.1 Å². The molecule has 2 aromatic rings. The van der Waals surface area contributed by atoms with Crippen LogP contribution in [0, 0.1) is 0 Å². The molecule has 6 nitrogen and oxygen atoms in total. The van der Waals surface area contributed by atoms with Gasteiger partial charge in [-0.3, -0.25) is 14.4 Å². The first-order valence-corrected chi connectivity index (χ1v) is 8.89. The lowest BCUT2D eigenvalue weighted by Crippen LogP contribution is -2.31. The lowest BCUT2D eigenvalue weighted by Gasteiger charge is -2.14. The van der Waals surface area contributed by atoms with Crippen molar-refractivity contribution >= 4 is 23.5 Å². The number of benzene rings is 2. The van der Waals surface area contributed by atoms with Crippen molar-refractivity contribution in [2.45, 2.75) is 32.2 Å². The smallest absolute Gasteiger partial charge is 0.306 e. The fourth-order valence-electron chi connectivity index (χ4n) is 2.46. The lowest BCUT2D eigenvalue weighted by atomic mass is 10.1. The van der Waals surface area contributed by atoms with Crippen molar-refractivity contribution in [3.05, 3.63) is 66.2 Å². The molecule has 2 amide bonds. The number of carbonyl (C=O) groups excluding carboxylic acids is 3. The zero-order valence-electron chi connectivity index (χ0n) is 15.3. The Morgan fingerprint density at radius 1 is 0.889 bits per heavy atom. The van der Waals surface area contributed by atoms with Crippen LogP contribution >= 0.6 is 0 Å². The van der Waals surface area contributed by atoms with Gasteiger partial charge >= 0.3 is 5.97 Å². The second-order valence-corrected chi connectivity index (χ2v) is 6.13. The van der Waals surface area contributed by atoms with Crippen LogP contribution in [0.25, 0.3) is 0 Å². The highest BCUT2D eigenvalue weighted by Gasteiger charge is 2.12. The monoisotopic (exact) mass is 368 g/mol. The lowest BCUT2D eigenvalue weighted by molar-refractivity contribution is -0.148. The van der Waals surface area contributed by atoms with Crippen molar-refractivity contribution in [3.8, 4) is 0 Å². The average molecular weight is 368 g/mol. The number of nitrogens with one attached hydrogen (secondary N) is 2. The zero-order valence-corrected chi connectivity index (χ0v) is 15.3. The van der Waals surface area contributed by atoms with Crippen LogP contribution in [0.4, 0.5) is 5.69 Å². The minimum absolute atomic E-state index is 0.0870. The Bertz CT molecular complexity index is 747. The number of amides is 2. The molecule has 2 N–H and O–H groups in total. The number of esters is 1. The molecule has 6 heteroatoms. The molecule has 0 fully saturated rings. The Hall–Kier alpha value is -3.15. The van der Waals surface area contributed by atoms with Crippen LogP contribution in [0.5, 0.6) is 0 Å². The molecular formula is C21H24N2O4.